The number of furan rings is 1. The van der Waals surface area contributed by atoms with Crippen LogP contribution in [0.2, 0.25) is 0 Å². The third-order valence-electron chi connectivity index (χ3n) is 5.01. The molecular weight excluding hydrogens is 388 g/mol. The van der Waals surface area contributed by atoms with Crippen molar-refractivity contribution in [1.82, 2.24) is 4.90 Å². The van der Waals surface area contributed by atoms with Gasteiger partial charge in [-0.15, -0.1) is 0 Å². The molecule has 2 aromatic carbocycles. The lowest BCUT2D eigenvalue weighted by molar-refractivity contribution is -0.255. The van der Waals surface area contributed by atoms with Crippen molar-refractivity contribution in [2.24, 2.45) is 0 Å². The van der Waals surface area contributed by atoms with E-state index in [-0.39, 0.29) is 29.5 Å². The monoisotopic (exact) mass is 407 g/mol. The number of carboxylic acid groups (broad SMARTS) is 1. The fraction of sp³-hybridized carbons (Fsp3) is 0.182. The lowest BCUT2D eigenvalue weighted by Gasteiger charge is -2.38. The minimum absolute atomic E-state index is 0.0288. The van der Waals surface area contributed by atoms with Gasteiger partial charge in [0.15, 0.2) is 11.5 Å². The Hall–Kier alpha value is -3.94. The first kappa shape index (κ1) is 19.4. The number of fused-ring (bicyclic) bond motifs is 1. The first-order chi connectivity index (χ1) is 14.5. The fourth-order valence-electron chi connectivity index (χ4n) is 3.65. The molecule has 0 fully saturated rings. The molecule has 1 N–H and O–H groups in total. The number of hydrogen-bond acceptors (Lipinski definition) is 7. The highest BCUT2D eigenvalue weighted by atomic mass is 16.5. The van der Waals surface area contributed by atoms with Gasteiger partial charge in [0.25, 0.3) is 5.91 Å². The van der Waals surface area contributed by atoms with Gasteiger partial charge < -0.3 is 34.0 Å². The molecule has 154 valence electrons. The van der Waals surface area contributed by atoms with E-state index >= 15 is 0 Å². The average Bonchev–Trinajstić information content (AvgIpc) is 3.27. The lowest BCUT2D eigenvalue weighted by Crippen LogP contribution is -2.43. The van der Waals surface area contributed by atoms with Crippen LogP contribution in [0.4, 0.5) is 5.69 Å². The summed E-state index contributed by atoms with van der Waals surface area (Å²) in [6.07, 6.45) is 0.716. The minimum atomic E-state index is -1.44. The topological polar surface area (TPSA) is 104 Å². The molecule has 1 amide bonds. The van der Waals surface area contributed by atoms with Crippen LogP contribution < -0.4 is 19.9 Å². The number of nitrogens with zero attached hydrogens (tertiary/aromatic N) is 1. The summed E-state index contributed by atoms with van der Waals surface area (Å²) in [4.78, 5) is 26.9. The number of benzene rings is 2. The molecule has 8 heteroatoms. The number of rotatable bonds is 6. The van der Waals surface area contributed by atoms with Crippen LogP contribution >= 0.6 is 0 Å². The van der Waals surface area contributed by atoms with Gasteiger partial charge in [0.05, 0.1) is 44.1 Å². The third kappa shape index (κ3) is 3.22. The molecule has 3 aromatic rings. The Balaban J connectivity index is 1.88. The number of carboxylic acids is 1. The Bertz CT molecular complexity index is 1090. The summed E-state index contributed by atoms with van der Waals surface area (Å²) in [5.74, 6) is -0.858. The second-order valence-electron chi connectivity index (χ2n) is 6.66. The molecule has 1 aromatic heterocycles. The summed E-state index contributed by atoms with van der Waals surface area (Å²) in [6.45, 7) is 0.138. The van der Waals surface area contributed by atoms with E-state index in [1.807, 2.05) is 0 Å². The number of hydrogen-bond donors (Lipinski definition) is 1. The predicted molar refractivity (Wildman–Crippen MR) is 105 cm³/mol. The van der Waals surface area contributed by atoms with Crippen molar-refractivity contribution in [2.45, 2.75) is 12.7 Å². The van der Waals surface area contributed by atoms with Crippen molar-refractivity contribution in [3.63, 3.8) is 0 Å². The van der Waals surface area contributed by atoms with E-state index in [1.165, 1.54) is 25.4 Å². The van der Waals surface area contributed by atoms with Gasteiger partial charge in [-0.2, -0.15) is 0 Å². The van der Waals surface area contributed by atoms with Crippen LogP contribution in [0.15, 0.2) is 59.2 Å². The molecule has 1 aliphatic heterocycles. The molecule has 4 rings (SSSR count). The Morgan fingerprint density at radius 3 is 2.60 bits per heavy atom. The SMILES string of the molecule is COc1ccc([C@@H]2Nc3ccccc3C(=O)N2Cc2ccco2)c(C(=O)[O-])c1OC. The van der Waals surface area contributed by atoms with Gasteiger partial charge in [-0.1, -0.05) is 18.2 Å². The molecule has 8 nitrogen and oxygen atoms in total. The van der Waals surface area contributed by atoms with Crippen molar-refractivity contribution in [2.75, 3.05) is 19.5 Å². The van der Waals surface area contributed by atoms with Crippen molar-refractivity contribution in [3.05, 3.63) is 77.2 Å². The molecule has 0 spiro atoms. The molecular formula is C22H19N2O6-. The number of para-hydroxylation sites is 1. The molecule has 0 radical (unpaired) electrons. The van der Waals surface area contributed by atoms with Crippen LogP contribution in [0.1, 0.15) is 38.2 Å². The van der Waals surface area contributed by atoms with E-state index in [1.54, 1.807) is 48.5 Å². The van der Waals surface area contributed by atoms with Gasteiger partial charge >= 0.3 is 0 Å². The molecule has 2 heterocycles. The first-order valence-electron chi connectivity index (χ1n) is 9.20. The first-order valence-corrected chi connectivity index (χ1v) is 9.20. The molecule has 0 saturated carbocycles. The summed E-state index contributed by atoms with van der Waals surface area (Å²) in [6, 6.07) is 13.7. The van der Waals surface area contributed by atoms with E-state index in [2.05, 4.69) is 5.32 Å². The number of amides is 1. The normalized spacial score (nSPS) is 15.3. The number of nitrogens with one attached hydrogen (secondary N) is 1. The van der Waals surface area contributed by atoms with Crippen molar-refractivity contribution >= 4 is 17.6 Å². The number of carbonyl (C=O) groups excluding carboxylic acids is 2. The van der Waals surface area contributed by atoms with E-state index < -0.39 is 12.1 Å². The van der Waals surface area contributed by atoms with Crippen LogP contribution in [0.5, 0.6) is 11.5 Å². The Morgan fingerprint density at radius 1 is 1.13 bits per heavy atom. The molecule has 30 heavy (non-hydrogen) atoms. The number of carbonyl (C=O) groups is 2. The summed E-state index contributed by atoms with van der Waals surface area (Å²) < 4.78 is 15.9. The van der Waals surface area contributed by atoms with Crippen LogP contribution in [-0.4, -0.2) is 31.0 Å². The molecule has 1 atom stereocenters. The summed E-state index contributed by atoms with van der Waals surface area (Å²) >= 11 is 0. The molecule has 0 bridgehead atoms. The van der Waals surface area contributed by atoms with Crippen molar-refractivity contribution in [3.8, 4) is 11.5 Å². The van der Waals surface area contributed by atoms with E-state index in [4.69, 9.17) is 13.9 Å². The van der Waals surface area contributed by atoms with Gasteiger partial charge in [0, 0.05) is 11.3 Å². The molecule has 0 saturated heterocycles. The number of aromatic carboxylic acids is 1. The maximum Gasteiger partial charge on any atom is 0.258 e. The number of anilines is 1. The van der Waals surface area contributed by atoms with E-state index in [0.29, 0.717) is 22.6 Å². The average molecular weight is 407 g/mol. The van der Waals surface area contributed by atoms with Crippen LogP contribution in [0.25, 0.3) is 0 Å². The highest BCUT2D eigenvalue weighted by molar-refractivity contribution is 6.02. The largest absolute Gasteiger partial charge is 0.545 e. The van der Waals surface area contributed by atoms with E-state index in [9.17, 15) is 14.7 Å². The van der Waals surface area contributed by atoms with E-state index in [0.717, 1.165) is 0 Å². The van der Waals surface area contributed by atoms with Crippen LogP contribution in [0.3, 0.4) is 0 Å². The maximum absolute atomic E-state index is 13.3. The smallest absolute Gasteiger partial charge is 0.258 e. The summed E-state index contributed by atoms with van der Waals surface area (Å²) in [5.41, 5.74) is 1.20. The predicted octanol–water partition coefficient (Wildman–Crippen LogP) is 2.43. The summed E-state index contributed by atoms with van der Waals surface area (Å²) in [5, 5.41) is 15.3. The Morgan fingerprint density at radius 2 is 1.93 bits per heavy atom. The Labute approximate surface area is 172 Å². The Kier molecular flexibility index (Phi) is 5.05. The zero-order valence-corrected chi connectivity index (χ0v) is 16.4. The second kappa shape index (κ2) is 7.82. The second-order valence-corrected chi connectivity index (χ2v) is 6.66. The quantitative estimate of drug-likeness (QED) is 0.669. The fourth-order valence-corrected chi connectivity index (χ4v) is 3.65. The highest BCUT2D eigenvalue weighted by Crippen LogP contribution is 2.40. The van der Waals surface area contributed by atoms with Gasteiger partial charge in [-0.25, -0.2) is 0 Å². The van der Waals surface area contributed by atoms with Crippen LogP contribution in [0, 0.1) is 0 Å². The zero-order chi connectivity index (χ0) is 21.3. The zero-order valence-electron chi connectivity index (χ0n) is 16.4. The number of methoxy groups -OCH3 is 2. The molecule has 0 unspecified atom stereocenters. The van der Waals surface area contributed by atoms with Crippen molar-refractivity contribution in [1.29, 1.82) is 0 Å². The third-order valence-corrected chi connectivity index (χ3v) is 5.01. The highest BCUT2D eigenvalue weighted by Gasteiger charge is 2.35. The van der Waals surface area contributed by atoms with Crippen molar-refractivity contribution < 1.29 is 28.6 Å². The van der Waals surface area contributed by atoms with Gasteiger partial charge in [-0.3, -0.25) is 4.79 Å². The van der Waals surface area contributed by atoms with Gasteiger partial charge in [0.1, 0.15) is 11.9 Å². The number of ether oxygens (including phenoxy) is 2. The maximum atomic E-state index is 13.3. The van der Waals surface area contributed by atoms with Gasteiger partial charge in [0.2, 0.25) is 0 Å². The standard InChI is InChI=1S/C22H20N2O6/c1-28-17-10-9-15(18(22(26)27)19(17)29-2)20-23-16-8-4-3-7-14(16)21(25)24(20)12-13-6-5-11-30-13/h3-11,20,23H,12H2,1-2H3,(H,26,27)/p-1/t20-/m1/s1. The van der Waals surface area contributed by atoms with Crippen LogP contribution in [-0.2, 0) is 6.54 Å². The lowest BCUT2D eigenvalue weighted by atomic mass is 9.98. The minimum Gasteiger partial charge on any atom is -0.545 e. The molecule has 1 aliphatic rings. The summed E-state index contributed by atoms with van der Waals surface area (Å²) in [7, 11) is 2.77. The molecule has 0 aliphatic carbocycles. The van der Waals surface area contributed by atoms with Gasteiger partial charge in [-0.05, 0) is 30.3 Å².